The summed E-state index contributed by atoms with van der Waals surface area (Å²) in [5.74, 6) is 0.551. The number of likely N-dealkylation sites (tertiary alicyclic amines) is 1. The number of amides is 2. The molecule has 1 aliphatic heterocycles. The van der Waals surface area contributed by atoms with Crippen molar-refractivity contribution in [3.05, 3.63) is 64.3 Å². The fraction of sp³-hybridized carbons (Fsp3) is 0.273. The number of carbonyl (C=O) groups excluding carboxylic acids is 1. The van der Waals surface area contributed by atoms with Gasteiger partial charge in [0.2, 0.25) is 0 Å². The van der Waals surface area contributed by atoms with Gasteiger partial charge in [-0.05, 0) is 42.5 Å². The largest absolute Gasteiger partial charge is 0.492 e. The molecule has 2 aromatic carbocycles. The van der Waals surface area contributed by atoms with E-state index in [1.807, 2.05) is 0 Å². The van der Waals surface area contributed by atoms with E-state index in [2.05, 4.69) is 20.5 Å². The molecule has 0 aromatic heterocycles. The maximum absolute atomic E-state index is 12.4. The van der Waals surface area contributed by atoms with Gasteiger partial charge in [-0.25, -0.2) is 4.79 Å². The Morgan fingerprint density at radius 3 is 2.53 bits per heavy atom. The zero-order valence-corrected chi connectivity index (χ0v) is 19.0. The highest BCUT2D eigenvalue weighted by Crippen LogP contribution is 2.27. The van der Waals surface area contributed by atoms with Gasteiger partial charge >= 0.3 is 6.03 Å². The minimum atomic E-state index is -0.418. The number of anilines is 2. The zero-order valence-electron chi connectivity index (χ0n) is 17.5. The average molecular weight is 478 g/mol. The Balaban J connectivity index is 1.74. The number of aliphatic hydroxyl groups is 1. The summed E-state index contributed by atoms with van der Waals surface area (Å²) in [7, 11) is 1.60. The summed E-state index contributed by atoms with van der Waals surface area (Å²) in [5.41, 5.74) is 7.75. The predicted molar refractivity (Wildman–Crippen MR) is 129 cm³/mol. The highest BCUT2D eigenvalue weighted by atomic mass is 35.5. The van der Waals surface area contributed by atoms with Crippen molar-refractivity contribution in [2.24, 2.45) is 10.7 Å². The second kappa shape index (κ2) is 11.2. The van der Waals surface area contributed by atoms with Crippen LogP contribution in [0.15, 0.2) is 58.7 Å². The molecule has 2 amide bonds. The van der Waals surface area contributed by atoms with Crippen molar-refractivity contribution < 1.29 is 14.6 Å². The number of nitrogens with two attached hydrogens (primary N) is 1. The van der Waals surface area contributed by atoms with Crippen molar-refractivity contribution in [3.8, 4) is 5.75 Å². The highest BCUT2D eigenvalue weighted by Gasteiger charge is 2.24. The number of β-amino-alcohol motifs (C(OH)–C–C–N with tert-alkyl or cyclic N) is 1. The van der Waals surface area contributed by atoms with Crippen LogP contribution in [0.2, 0.25) is 5.02 Å². The van der Waals surface area contributed by atoms with Crippen LogP contribution in [0.3, 0.4) is 0 Å². The number of aliphatic imine (C=N–C) groups is 1. The van der Waals surface area contributed by atoms with Crippen LogP contribution < -0.4 is 21.1 Å². The van der Waals surface area contributed by atoms with Crippen LogP contribution >= 0.6 is 23.2 Å². The van der Waals surface area contributed by atoms with E-state index in [1.165, 1.54) is 6.20 Å². The number of aliphatic hydroxyl groups excluding tert-OH is 1. The van der Waals surface area contributed by atoms with E-state index < -0.39 is 6.03 Å². The molecule has 2 aromatic rings. The number of benzene rings is 2. The third-order valence-corrected chi connectivity index (χ3v) is 5.35. The Morgan fingerprint density at radius 1 is 1.25 bits per heavy atom. The zero-order chi connectivity index (χ0) is 23.1. The maximum atomic E-state index is 12.4. The van der Waals surface area contributed by atoms with Crippen molar-refractivity contribution in [2.45, 2.75) is 6.10 Å². The minimum absolute atomic E-state index is 0.256. The molecule has 0 saturated carbocycles. The first kappa shape index (κ1) is 23.9. The lowest BCUT2D eigenvalue weighted by atomic mass is 10.1. The molecule has 0 unspecified atom stereocenters. The summed E-state index contributed by atoms with van der Waals surface area (Å²) in [6, 6.07) is 11.5. The topological polar surface area (TPSA) is 112 Å². The third-order valence-electron chi connectivity index (χ3n) is 4.79. The minimum Gasteiger partial charge on any atom is -0.492 e. The van der Waals surface area contributed by atoms with Gasteiger partial charge in [-0.1, -0.05) is 23.2 Å². The summed E-state index contributed by atoms with van der Waals surface area (Å²) < 4.78 is 5.95. The predicted octanol–water partition coefficient (Wildman–Crippen LogP) is 3.50. The number of nitrogens with one attached hydrogen (secondary N) is 2. The molecule has 0 spiro atoms. The van der Waals surface area contributed by atoms with Crippen LogP contribution in [0, 0.1) is 0 Å². The van der Waals surface area contributed by atoms with Gasteiger partial charge in [-0.2, -0.15) is 0 Å². The van der Waals surface area contributed by atoms with Gasteiger partial charge in [0.15, 0.2) is 0 Å². The molecule has 32 heavy (non-hydrogen) atoms. The Morgan fingerprint density at radius 2 is 1.91 bits per heavy atom. The summed E-state index contributed by atoms with van der Waals surface area (Å²) in [5, 5.41) is 15.8. The lowest BCUT2D eigenvalue weighted by molar-refractivity contribution is -0.00388. The molecule has 10 heteroatoms. The summed E-state index contributed by atoms with van der Waals surface area (Å²) in [6.07, 6.45) is 0.991. The number of nitrogens with zero attached hydrogens (tertiary/aromatic N) is 2. The summed E-state index contributed by atoms with van der Waals surface area (Å²) in [4.78, 5) is 18.7. The van der Waals surface area contributed by atoms with Gasteiger partial charge in [0.05, 0.1) is 16.8 Å². The Hall–Kier alpha value is -2.78. The first-order valence-corrected chi connectivity index (χ1v) is 10.7. The number of rotatable bonds is 8. The van der Waals surface area contributed by atoms with E-state index in [-0.39, 0.29) is 11.1 Å². The van der Waals surface area contributed by atoms with Crippen molar-refractivity contribution in [2.75, 3.05) is 43.9 Å². The first-order valence-electron chi connectivity index (χ1n) is 9.95. The van der Waals surface area contributed by atoms with Gasteiger partial charge in [0.1, 0.15) is 12.4 Å². The van der Waals surface area contributed by atoms with E-state index in [0.717, 1.165) is 0 Å². The summed E-state index contributed by atoms with van der Waals surface area (Å²) in [6.45, 7) is 2.39. The molecule has 1 fully saturated rings. The molecule has 3 rings (SSSR count). The summed E-state index contributed by atoms with van der Waals surface area (Å²) >= 11 is 12.1. The van der Waals surface area contributed by atoms with Crippen LogP contribution in [0.5, 0.6) is 5.75 Å². The molecule has 1 aliphatic rings. The van der Waals surface area contributed by atoms with Crippen molar-refractivity contribution >= 4 is 46.3 Å². The Labute approximate surface area is 196 Å². The van der Waals surface area contributed by atoms with Crippen molar-refractivity contribution in [1.82, 2.24) is 4.90 Å². The van der Waals surface area contributed by atoms with E-state index in [4.69, 9.17) is 33.7 Å². The van der Waals surface area contributed by atoms with Gasteiger partial charge in [0.25, 0.3) is 0 Å². The number of hydrogen-bond donors (Lipinski definition) is 4. The first-order chi connectivity index (χ1) is 15.4. The quantitative estimate of drug-likeness (QED) is 0.434. The standard InChI is InChI=1S/C22H25Cl2N5O3/c1-26-21(19(24)11-25)18-10-16(28-22(31)27-15-4-2-14(23)3-5-15)6-7-20(18)32-9-8-29-12-17(30)13-29/h2-7,10-11,17,30H,8-9,12-13,25H2,1H3,(H2,27,28,31). The average Bonchev–Trinajstić information content (AvgIpc) is 2.75. The van der Waals surface area contributed by atoms with E-state index in [0.29, 0.717) is 59.7 Å². The van der Waals surface area contributed by atoms with Gasteiger partial charge in [-0.15, -0.1) is 0 Å². The molecule has 0 bridgehead atoms. The number of hydrogen-bond acceptors (Lipinski definition) is 6. The second-order valence-electron chi connectivity index (χ2n) is 7.15. The molecular formula is C22H25Cl2N5O3. The normalized spacial score (nSPS) is 15.2. The molecule has 170 valence electrons. The molecule has 0 atom stereocenters. The fourth-order valence-corrected chi connectivity index (χ4v) is 3.50. The number of allylic oxidation sites excluding steroid dienone is 1. The lowest BCUT2D eigenvalue weighted by Crippen LogP contribution is -2.51. The van der Waals surface area contributed by atoms with Crippen LogP contribution in [0.25, 0.3) is 0 Å². The van der Waals surface area contributed by atoms with E-state index >= 15 is 0 Å². The van der Waals surface area contributed by atoms with Gasteiger partial charge < -0.3 is 26.2 Å². The lowest BCUT2D eigenvalue weighted by Gasteiger charge is -2.35. The van der Waals surface area contributed by atoms with Crippen molar-refractivity contribution in [1.29, 1.82) is 0 Å². The molecule has 5 N–H and O–H groups in total. The number of halogens is 2. The molecule has 1 saturated heterocycles. The van der Waals surface area contributed by atoms with Crippen LogP contribution in [0.1, 0.15) is 5.56 Å². The molecule has 0 aliphatic carbocycles. The van der Waals surface area contributed by atoms with E-state index in [1.54, 1.807) is 49.5 Å². The molecule has 1 heterocycles. The molecule has 8 nitrogen and oxygen atoms in total. The second-order valence-corrected chi connectivity index (χ2v) is 7.99. The number of ether oxygens (including phenoxy) is 1. The van der Waals surface area contributed by atoms with Gasteiger partial charge in [0, 0.05) is 54.8 Å². The van der Waals surface area contributed by atoms with Crippen LogP contribution in [0.4, 0.5) is 16.2 Å². The monoisotopic (exact) mass is 477 g/mol. The molecular weight excluding hydrogens is 453 g/mol. The smallest absolute Gasteiger partial charge is 0.323 e. The van der Waals surface area contributed by atoms with Crippen LogP contribution in [-0.2, 0) is 0 Å². The maximum Gasteiger partial charge on any atom is 0.323 e. The third kappa shape index (κ3) is 6.37. The van der Waals surface area contributed by atoms with Crippen LogP contribution in [-0.4, -0.2) is 61.1 Å². The van der Waals surface area contributed by atoms with Gasteiger partial charge in [-0.3, -0.25) is 9.89 Å². The Bertz CT molecular complexity index is 1010. The molecule has 0 radical (unpaired) electrons. The number of carbonyl (C=O) groups is 1. The van der Waals surface area contributed by atoms with E-state index in [9.17, 15) is 9.90 Å². The Kier molecular flexibility index (Phi) is 8.35. The highest BCUT2D eigenvalue weighted by molar-refractivity contribution is 6.46. The number of urea groups is 1. The van der Waals surface area contributed by atoms with Crippen molar-refractivity contribution in [3.63, 3.8) is 0 Å². The fourth-order valence-electron chi connectivity index (χ4n) is 3.19. The SMILES string of the molecule is CN=C(C(Cl)=CN)c1cc(NC(=O)Nc2ccc(Cl)cc2)ccc1OCCN1CC(O)C1.